The van der Waals surface area contributed by atoms with Gasteiger partial charge in [-0.25, -0.2) is 0 Å². The van der Waals surface area contributed by atoms with Crippen molar-refractivity contribution < 1.29 is 23.9 Å². The lowest BCUT2D eigenvalue weighted by molar-refractivity contribution is -0.145. The van der Waals surface area contributed by atoms with Crippen LogP contribution in [-0.2, 0) is 20.9 Å². The number of esters is 1. The lowest BCUT2D eigenvalue weighted by Crippen LogP contribution is -2.43. The SMILES string of the molecule is O=C(CC[C@@H](C(=O)Cl)N1C(=O)c2ccccc2C1=O)OCc1ccccc1. The highest BCUT2D eigenvalue weighted by Gasteiger charge is 2.42. The molecule has 0 saturated heterocycles. The molecule has 2 aromatic carbocycles. The zero-order valence-corrected chi connectivity index (χ0v) is 15.0. The largest absolute Gasteiger partial charge is 0.461 e. The summed E-state index contributed by atoms with van der Waals surface area (Å²) in [5.41, 5.74) is 1.27. The number of hydrogen-bond acceptors (Lipinski definition) is 5. The summed E-state index contributed by atoms with van der Waals surface area (Å²) in [6.07, 6.45) is -0.245. The Balaban J connectivity index is 1.63. The molecule has 0 bridgehead atoms. The van der Waals surface area contributed by atoms with E-state index in [9.17, 15) is 19.2 Å². The van der Waals surface area contributed by atoms with Crippen molar-refractivity contribution in [1.29, 1.82) is 0 Å². The molecule has 2 amide bonds. The fraction of sp³-hybridized carbons (Fsp3) is 0.200. The number of benzene rings is 2. The Morgan fingerprint density at radius 3 is 2.04 bits per heavy atom. The van der Waals surface area contributed by atoms with Crippen LogP contribution in [0.25, 0.3) is 0 Å². The van der Waals surface area contributed by atoms with E-state index in [1.165, 1.54) is 12.1 Å². The predicted molar refractivity (Wildman–Crippen MR) is 97.1 cm³/mol. The molecule has 0 unspecified atom stereocenters. The zero-order valence-electron chi connectivity index (χ0n) is 14.3. The summed E-state index contributed by atoms with van der Waals surface area (Å²) in [5.74, 6) is -1.72. The summed E-state index contributed by atoms with van der Waals surface area (Å²) < 4.78 is 5.15. The molecule has 138 valence electrons. The second-order valence-electron chi connectivity index (χ2n) is 6.03. The summed E-state index contributed by atoms with van der Waals surface area (Å²) >= 11 is 5.62. The van der Waals surface area contributed by atoms with Crippen LogP contribution in [0, 0.1) is 0 Å². The Labute approximate surface area is 160 Å². The number of rotatable bonds is 7. The van der Waals surface area contributed by atoms with Gasteiger partial charge in [-0.2, -0.15) is 0 Å². The Kier molecular flexibility index (Phi) is 5.66. The summed E-state index contributed by atoms with van der Waals surface area (Å²) in [6.45, 7) is 0.103. The molecular weight excluding hydrogens is 370 g/mol. The first-order valence-electron chi connectivity index (χ1n) is 8.35. The molecule has 1 atom stereocenters. The predicted octanol–water partition coefficient (Wildman–Crippen LogP) is 2.94. The number of hydrogen-bond donors (Lipinski definition) is 0. The fourth-order valence-electron chi connectivity index (χ4n) is 2.90. The van der Waals surface area contributed by atoms with Gasteiger partial charge in [0.25, 0.3) is 11.8 Å². The lowest BCUT2D eigenvalue weighted by Gasteiger charge is -2.22. The van der Waals surface area contributed by atoms with Crippen LogP contribution in [0.5, 0.6) is 0 Å². The number of carbonyl (C=O) groups is 4. The van der Waals surface area contributed by atoms with E-state index in [-0.39, 0.29) is 30.6 Å². The van der Waals surface area contributed by atoms with Crippen molar-refractivity contribution in [2.75, 3.05) is 0 Å². The molecule has 27 heavy (non-hydrogen) atoms. The first kappa shape index (κ1) is 18.8. The van der Waals surface area contributed by atoms with Gasteiger partial charge in [0.2, 0.25) is 5.24 Å². The van der Waals surface area contributed by atoms with Gasteiger partial charge in [0, 0.05) is 6.42 Å². The van der Waals surface area contributed by atoms with E-state index < -0.39 is 29.1 Å². The quantitative estimate of drug-likeness (QED) is 0.416. The maximum atomic E-state index is 12.5. The molecule has 0 fully saturated rings. The highest BCUT2D eigenvalue weighted by molar-refractivity contribution is 6.65. The highest BCUT2D eigenvalue weighted by atomic mass is 35.5. The van der Waals surface area contributed by atoms with E-state index in [2.05, 4.69) is 0 Å². The molecule has 0 aliphatic carbocycles. The van der Waals surface area contributed by atoms with Crippen LogP contribution < -0.4 is 0 Å². The van der Waals surface area contributed by atoms with Gasteiger partial charge in [-0.1, -0.05) is 42.5 Å². The first-order chi connectivity index (χ1) is 13.0. The van der Waals surface area contributed by atoms with Crippen LogP contribution in [0.15, 0.2) is 54.6 Å². The maximum absolute atomic E-state index is 12.5. The number of halogens is 1. The van der Waals surface area contributed by atoms with Crippen LogP contribution in [0.1, 0.15) is 39.1 Å². The summed E-state index contributed by atoms with van der Waals surface area (Å²) in [4.78, 5) is 49.6. The lowest BCUT2D eigenvalue weighted by atomic mass is 10.1. The van der Waals surface area contributed by atoms with E-state index in [1.54, 1.807) is 12.1 Å². The average molecular weight is 386 g/mol. The van der Waals surface area contributed by atoms with Gasteiger partial charge >= 0.3 is 5.97 Å². The molecule has 6 nitrogen and oxygen atoms in total. The van der Waals surface area contributed by atoms with Gasteiger partial charge in [0.1, 0.15) is 12.6 Å². The molecule has 1 aliphatic heterocycles. The van der Waals surface area contributed by atoms with Gasteiger partial charge in [0.05, 0.1) is 11.1 Å². The van der Waals surface area contributed by atoms with Gasteiger partial charge in [0.15, 0.2) is 0 Å². The third kappa shape index (κ3) is 4.06. The van der Waals surface area contributed by atoms with Gasteiger partial charge in [-0.05, 0) is 35.7 Å². The molecule has 1 heterocycles. The van der Waals surface area contributed by atoms with Crippen molar-refractivity contribution in [2.24, 2.45) is 0 Å². The minimum absolute atomic E-state index is 0.0958. The van der Waals surface area contributed by atoms with E-state index in [1.807, 2.05) is 30.3 Å². The van der Waals surface area contributed by atoms with Crippen molar-refractivity contribution in [3.63, 3.8) is 0 Å². The molecule has 0 aromatic heterocycles. The number of ether oxygens (including phenoxy) is 1. The Morgan fingerprint density at radius 1 is 0.926 bits per heavy atom. The number of carbonyl (C=O) groups excluding carboxylic acids is 4. The molecule has 2 aromatic rings. The number of nitrogens with zero attached hydrogens (tertiary/aromatic N) is 1. The number of imide groups is 1. The summed E-state index contributed by atoms with van der Waals surface area (Å²) in [6, 6.07) is 14.2. The van der Waals surface area contributed by atoms with Crippen molar-refractivity contribution in [1.82, 2.24) is 4.90 Å². The monoisotopic (exact) mass is 385 g/mol. The third-order valence-corrected chi connectivity index (χ3v) is 4.52. The van der Waals surface area contributed by atoms with Crippen LogP contribution in [-0.4, -0.2) is 34.0 Å². The molecule has 1 aliphatic rings. The highest BCUT2D eigenvalue weighted by Crippen LogP contribution is 2.27. The molecule has 7 heteroatoms. The standard InChI is InChI=1S/C20H16ClNO5/c21-18(24)16(10-11-17(23)27-12-13-6-2-1-3-7-13)22-19(25)14-8-4-5-9-15(14)20(22)26/h1-9,16H,10-12H2/t16-/m0/s1. The number of fused-ring (bicyclic) bond motifs is 1. The van der Waals surface area contributed by atoms with Gasteiger partial charge in [-0.15, -0.1) is 0 Å². The molecule has 0 spiro atoms. The van der Waals surface area contributed by atoms with E-state index in [0.717, 1.165) is 10.5 Å². The van der Waals surface area contributed by atoms with Crippen molar-refractivity contribution in [2.45, 2.75) is 25.5 Å². The third-order valence-electron chi connectivity index (χ3n) is 4.26. The minimum Gasteiger partial charge on any atom is -0.461 e. The molecule has 0 N–H and O–H groups in total. The van der Waals surface area contributed by atoms with Crippen molar-refractivity contribution in [3.8, 4) is 0 Å². The Bertz CT molecular complexity index is 861. The molecule has 0 saturated carbocycles. The van der Waals surface area contributed by atoms with Crippen LogP contribution >= 0.6 is 11.6 Å². The van der Waals surface area contributed by atoms with E-state index in [4.69, 9.17) is 16.3 Å². The second-order valence-corrected chi connectivity index (χ2v) is 6.40. The Morgan fingerprint density at radius 2 is 1.48 bits per heavy atom. The smallest absolute Gasteiger partial charge is 0.306 e. The first-order valence-corrected chi connectivity index (χ1v) is 8.72. The normalized spacial score (nSPS) is 14.0. The average Bonchev–Trinajstić information content (AvgIpc) is 2.92. The maximum Gasteiger partial charge on any atom is 0.306 e. The number of amides is 2. The van der Waals surface area contributed by atoms with Crippen molar-refractivity contribution >= 4 is 34.6 Å². The Hall–Kier alpha value is -2.99. The van der Waals surface area contributed by atoms with Crippen molar-refractivity contribution in [3.05, 3.63) is 71.3 Å². The minimum atomic E-state index is -1.22. The van der Waals surface area contributed by atoms with E-state index >= 15 is 0 Å². The van der Waals surface area contributed by atoms with E-state index in [0.29, 0.717) is 0 Å². The fourth-order valence-corrected chi connectivity index (χ4v) is 3.11. The van der Waals surface area contributed by atoms with Crippen LogP contribution in [0.4, 0.5) is 0 Å². The van der Waals surface area contributed by atoms with Gasteiger partial charge in [-0.3, -0.25) is 24.1 Å². The second kappa shape index (κ2) is 8.14. The molecule has 0 radical (unpaired) electrons. The van der Waals surface area contributed by atoms with Gasteiger partial charge < -0.3 is 4.74 Å². The molecule has 3 rings (SSSR count). The molecular formula is C20H16ClNO5. The summed E-state index contributed by atoms with van der Waals surface area (Å²) in [7, 11) is 0. The van der Waals surface area contributed by atoms with Crippen LogP contribution in [0.2, 0.25) is 0 Å². The van der Waals surface area contributed by atoms with Crippen LogP contribution in [0.3, 0.4) is 0 Å². The zero-order chi connectivity index (χ0) is 19.4. The summed E-state index contributed by atoms with van der Waals surface area (Å²) in [5, 5.41) is -0.875. The topological polar surface area (TPSA) is 80.8 Å².